The Hall–Kier alpha value is -2.90. The van der Waals surface area contributed by atoms with E-state index in [-0.39, 0.29) is 32.3 Å². The van der Waals surface area contributed by atoms with E-state index in [4.69, 9.17) is 0 Å². The number of anilines is 2. The van der Waals surface area contributed by atoms with Crippen molar-refractivity contribution in [1.29, 1.82) is 0 Å². The highest BCUT2D eigenvalue weighted by molar-refractivity contribution is 5.59. The maximum Gasteiger partial charge on any atom is 0.0606 e. The van der Waals surface area contributed by atoms with E-state index < -0.39 is 0 Å². The van der Waals surface area contributed by atoms with E-state index in [9.17, 15) is 20.4 Å². The lowest BCUT2D eigenvalue weighted by atomic mass is 9.79. The second-order valence-electron chi connectivity index (χ2n) is 9.24. The third-order valence-corrected chi connectivity index (χ3v) is 6.84. The molecule has 0 saturated heterocycles. The smallest absolute Gasteiger partial charge is 0.0606 e. The number of nitrogens with zero attached hydrogens (tertiary/aromatic N) is 2. The zero-order valence-corrected chi connectivity index (χ0v) is 21.7. The molecular weight excluding hydrogens is 452 g/mol. The van der Waals surface area contributed by atoms with Crippen molar-refractivity contribution in [2.45, 2.75) is 26.7 Å². The Kier molecular flexibility index (Phi) is 10.3. The molecule has 36 heavy (non-hydrogen) atoms. The Morgan fingerprint density at radius 3 is 1.28 bits per heavy atom. The van der Waals surface area contributed by atoms with E-state index >= 15 is 0 Å². The molecule has 4 N–H and O–H groups in total. The summed E-state index contributed by atoms with van der Waals surface area (Å²) >= 11 is 0. The molecule has 0 unspecified atom stereocenters. The predicted molar refractivity (Wildman–Crippen MR) is 147 cm³/mol. The highest BCUT2D eigenvalue weighted by Crippen LogP contribution is 2.39. The van der Waals surface area contributed by atoms with Gasteiger partial charge in [0.25, 0.3) is 0 Å². The highest BCUT2D eigenvalue weighted by atomic mass is 16.3. The fourth-order valence-electron chi connectivity index (χ4n) is 5.00. The van der Waals surface area contributed by atoms with Crippen molar-refractivity contribution in [2.24, 2.45) is 0 Å². The van der Waals surface area contributed by atoms with Crippen LogP contribution in [-0.2, 0) is 0 Å². The van der Waals surface area contributed by atoms with Crippen LogP contribution in [-0.4, -0.2) is 73.0 Å². The summed E-state index contributed by atoms with van der Waals surface area (Å²) in [6, 6.07) is 21.2. The molecule has 3 rings (SSSR count). The SMILES string of the molecule is Cc1ccccc1C(c1ccc(N(CCO)CCO)cc1C)c1ccc(N(CCO)CCO)cc1C. The van der Waals surface area contributed by atoms with Gasteiger partial charge in [0.1, 0.15) is 0 Å². The van der Waals surface area contributed by atoms with Gasteiger partial charge in [0.05, 0.1) is 26.4 Å². The number of hydrogen-bond donors (Lipinski definition) is 4. The fraction of sp³-hybridized carbons (Fsp3) is 0.400. The molecule has 6 nitrogen and oxygen atoms in total. The Morgan fingerprint density at radius 1 is 0.528 bits per heavy atom. The number of aryl methyl sites for hydroxylation is 3. The molecule has 0 aliphatic heterocycles. The lowest BCUT2D eigenvalue weighted by Gasteiger charge is -2.29. The molecule has 0 heterocycles. The van der Waals surface area contributed by atoms with Crippen LogP contribution in [0.25, 0.3) is 0 Å². The summed E-state index contributed by atoms with van der Waals surface area (Å²) < 4.78 is 0. The van der Waals surface area contributed by atoms with Crippen LogP contribution in [0.5, 0.6) is 0 Å². The molecule has 3 aromatic rings. The number of benzene rings is 3. The van der Waals surface area contributed by atoms with E-state index in [1.54, 1.807) is 0 Å². The van der Waals surface area contributed by atoms with Crippen molar-refractivity contribution in [1.82, 2.24) is 0 Å². The van der Waals surface area contributed by atoms with Gasteiger partial charge in [-0.15, -0.1) is 0 Å². The zero-order chi connectivity index (χ0) is 26.1. The molecule has 0 bridgehead atoms. The van der Waals surface area contributed by atoms with Gasteiger partial charge in [-0.1, -0.05) is 36.4 Å². The summed E-state index contributed by atoms with van der Waals surface area (Å²) in [7, 11) is 0. The molecule has 0 aromatic heterocycles. The van der Waals surface area contributed by atoms with Gasteiger partial charge in [0.2, 0.25) is 0 Å². The monoisotopic (exact) mass is 492 g/mol. The van der Waals surface area contributed by atoms with Crippen molar-refractivity contribution in [3.05, 3.63) is 94.0 Å². The van der Waals surface area contributed by atoms with Crippen LogP contribution >= 0.6 is 0 Å². The second kappa shape index (κ2) is 13.4. The Morgan fingerprint density at radius 2 is 0.917 bits per heavy atom. The zero-order valence-electron chi connectivity index (χ0n) is 21.7. The van der Waals surface area contributed by atoms with E-state index in [1.165, 1.54) is 22.3 Å². The molecule has 0 fully saturated rings. The third kappa shape index (κ3) is 6.45. The second-order valence-corrected chi connectivity index (χ2v) is 9.24. The van der Waals surface area contributed by atoms with Gasteiger partial charge in [-0.25, -0.2) is 0 Å². The van der Waals surface area contributed by atoms with Gasteiger partial charge in [-0.2, -0.15) is 0 Å². The van der Waals surface area contributed by atoms with Gasteiger partial charge in [-0.05, 0) is 78.4 Å². The first-order chi connectivity index (χ1) is 17.4. The predicted octanol–water partition coefficient (Wildman–Crippen LogP) is 3.37. The van der Waals surface area contributed by atoms with Crippen LogP contribution < -0.4 is 9.80 Å². The van der Waals surface area contributed by atoms with Crippen LogP contribution in [0.2, 0.25) is 0 Å². The molecule has 3 aromatic carbocycles. The summed E-state index contributed by atoms with van der Waals surface area (Å²) in [6.45, 7) is 8.39. The molecular formula is C30H40N2O4. The summed E-state index contributed by atoms with van der Waals surface area (Å²) in [6.07, 6.45) is 0. The van der Waals surface area contributed by atoms with Crippen molar-refractivity contribution >= 4 is 11.4 Å². The molecule has 0 radical (unpaired) electrons. The molecule has 0 aliphatic rings. The maximum atomic E-state index is 9.47. The standard InChI is InChI=1S/C30H40N2O4/c1-22-6-4-5-7-27(22)30(28-10-8-25(20-23(28)2)31(12-16-33)13-17-34)29-11-9-26(21-24(29)3)32(14-18-35)15-19-36/h4-11,20-21,30,33-36H,12-19H2,1-3H3. The Labute approximate surface area is 215 Å². The molecule has 0 amide bonds. The van der Waals surface area contributed by atoms with Crippen LogP contribution in [0, 0.1) is 20.8 Å². The first-order valence-corrected chi connectivity index (χ1v) is 12.6. The van der Waals surface area contributed by atoms with Crippen LogP contribution in [0.1, 0.15) is 39.3 Å². The summed E-state index contributed by atoms with van der Waals surface area (Å²) in [5, 5.41) is 37.9. The first kappa shape index (κ1) is 27.7. The minimum Gasteiger partial charge on any atom is -0.395 e. The van der Waals surface area contributed by atoms with E-state index in [2.05, 4.69) is 81.4 Å². The van der Waals surface area contributed by atoms with Crippen LogP contribution in [0.15, 0.2) is 60.7 Å². The topological polar surface area (TPSA) is 87.4 Å². The van der Waals surface area contributed by atoms with E-state index in [1.807, 2.05) is 9.80 Å². The van der Waals surface area contributed by atoms with Crippen molar-refractivity contribution in [3.63, 3.8) is 0 Å². The van der Waals surface area contributed by atoms with Crippen molar-refractivity contribution < 1.29 is 20.4 Å². The molecule has 6 heteroatoms. The van der Waals surface area contributed by atoms with Gasteiger partial charge in [0, 0.05) is 43.5 Å². The van der Waals surface area contributed by atoms with Gasteiger partial charge in [-0.3, -0.25) is 0 Å². The van der Waals surface area contributed by atoms with Gasteiger partial charge < -0.3 is 30.2 Å². The van der Waals surface area contributed by atoms with E-state index in [0.717, 1.165) is 22.5 Å². The average Bonchev–Trinajstić information content (AvgIpc) is 2.86. The number of rotatable bonds is 13. The Balaban J connectivity index is 2.11. The maximum absolute atomic E-state index is 9.47. The fourth-order valence-corrected chi connectivity index (χ4v) is 5.00. The molecule has 0 aliphatic carbocycles. The number of hydrogen-bond acceptors (Lipinski definition) is 6. The quantitative estimate of drug-likeness (QED) is 0.274. The normalized spacial score (nSPS) is 11.2. The Bertz CT molecular complexity index is 1040. The van der Waals surface area contributed by atoms with Crippen molar-refractivity contribution in [2.75, 3.05) is 62.4 Å². The highest BCUT2D eigenvalue weighted by Gasteiger charge is 2.23. The first-order valence-electron chi connectivity index (χ1n) is 12.6. The largest absolute Gasteiger partial charge is 0.395 e. The van der Waals surface area contributed by atoms with Gasteiger partial charge >= 0.3 is 0 Å². The van der Waals surface area contributed by atoms with Crippen molar-refractivity contribution in [3.8, 4) is 0 Å². The molecule has 194 valence electrons. The molecule has 0 saturated carbocycles. The summed E-state index contributed by atoms with van der Waals surface area (Å²) in [5.41, 5.74) is 9.14. The lowest BCUT2D eigenvalue weighted by Crippen LogP contribution is -2.30. The third-order valence-electron chi connectivity index (χ3n) is 6.84. The number of aliphatic hydroxyl groups excluding tert-OH is 4. The van der Waals surface area contributed by atoms with Crippen LogP contribution in [0.3, 0.4) is 0 Å². The van der Waals surface area contributed by atoms with E-state index in [0.29, 0.717) is 26.2 Å². The minimum atomic E-state index is 0.0295. The molecule has 0 atom stereocenters. The average molecular weight is 493 g/mol. The van der Waals surface area contributed by atoms with Gasteiger partial charge in [0.15, 0.2) is 0 Å². The summed E-state index contributed by atoms with van der Waals surface area (Å²) in [4.78, 5) is 3.99. The summed E-state index contributed by atoms with van der Waals surface area (Å²) in [5.74, 6) is 0.0302. The van der Waals surface area contributed by atoms with Crippen LogP contribution in [0.4, 0.5) is 11.4 Å². The molecule has 0 spiro atoms. The minimum absolute atomic E-state index is 0.0295. The number of aliphatic hydroxyl groups is 4. The lowest BCUT2D eigenvalue weighted by molar-refractivity contribution is 0.280.